The van der Waals surface area contributed by atoms with Crippen LogP contribution in [0.2, 0.25) is 0 Å². The largest absolute Gasteiger partial charge is 0.315 e. The molecule has 2 rings (SSSR count). The zero-order valence-electron chi connectivity index (χ0n) is 11.5. The van der Waals surface area contributed by atoms with Crippen LogP contribution in [0.1, 0.15) is 43.9 Å². The monoisotopic (exact) mass is 266 g/mol. The molecule has 1 heterocycles. The first-order chi connectivity index (χ1) is 8.90. The van der Waals surface area contributed by atoms with Crippen LogP contribution in [0.5, 0.6) is 0 Å². The summed E-state index contributed by atoms with van der Waals surface area (Å²) < 4.78 is 0. The summed E-state index contributed by atoms with van der Waals surface area (Å²) in [5.41, 5.74) is 0. The lowest BCUT2D eigenvalue weighted by Crippen LogP contribution is -2.33. The van der Waals surface area contributed by atoms with Crippen LogP contribution >= 0.6 is 11.3 Å². The number of nitrogens with zero attached hydrogens (tertiary/aromatic N) is 1. The van der Waals surface area contributed by atoms with Gasteiger partial charge in [0.1, 0.15) is 0 Å². The van der Waals surface area contributed by atoms with Crippen molar-refractivity contribution in [1.82, 2.24) is 10.2 Å². The van der Waals surface area contributed by atoms with E-state index in [9.17, 15) is 0 Å². The lowest BCUT2D eigenvalue weighted by atomic mass is 10.2. The first kappa shape index (κ1) is 14.0. The molecule has 0 aliphatic heterocycles. The second kappa shape index (κ2) is 7.93. The van der Waals surface area contributed by atoms with E-state index in [-0.39, 0.29) is 0 Å². The Labute approximate surface area is 115 Å². The van der Waals surface area contributed by atoms with Gasteiger partial charge in [0.05, 0.1) is 0 Å². The van der Waals surface area contributed by atoms with Crippen molar-refractivity contribution in [3.05, 3.63) is 22.4 Å². The van der Waals surface area contributed by atoms with Crippen molar-refractivity contribution in [2.24, 2.45) is 0 Å². The van der Waals surface area contributed by atoms with E-state index in [1.54, 1.807) is 0 Å². The Hall–Kier alpha value is -0.380. The van der Waals surface area contributed by atoms with Crippen LogP contribution in [0.3, 0.4) is 0 Å². The van der Waals surface area contributed by atoms with Crippen LogP contribution in [0.25, 0.3) is 0 Å². The van der Waals surface area contributed by atoms with Crippen molar-refractivity contribution >= 4 is 11.3 Å². The molecule has 0 spiro atoms. The molecule has 1 aromatic rings. The molecular weight excluding hydrogens is 240 g/mol. The molecule has 1 saturated carbocycles. The highest BCUT2D eigenvalue weighted by Crippen LogP contribution is 2.28. The van der Waals surface area contributed by atoms with Crippen molar-refractivity contribution in [3.63, 3.8) is 0 Å². The number of unbranched alkanes of at least 4 members (excludes halogenated alkanes) is 2. The van der Waals surface area contributed by atoms with Crippen molar-refractivity contribution < 1.29 is 0 Å². The zero-order valence-corrected chi connectivity index (χ0v) is 12.3. The molecule has 0 amide bonds. The molecule has 1 aliphatic rings. The molecule has 1 aromatic heterocycles. The second-order valence-electron chi connectivity index (χ2n) is 5.24. The number of thiophene rings is 1. The topological polar surface area (TPSA) is 15.3 Å². The Morgan fingerprint density at radius 2 is 2.22 bits per heavy atom. The van der Waals surface area contributed by atoms with Gasteiger partial charge in [-0.3, -0.25) is 4.90 Å². The highest BCUT2D eigenvalue weighted by atomic mass is 32.1. The van der Waals surface area contributed by atoms with E-state index in [4.69, 9.17) is 0 Å². The maximum Gasteiger partial charge on any atom is 0.0331 e. The van der Waals surface area contributed by atoms with Crippen molar-refractivity contribution in [2.45, 2.75) is 51.6 Å². The molecule has 0 atom stereocenters. The van der Waals surface area contributed by atoms with E-state index in [0.29, 0.717) is 0 Å². The summed E-state index contributed by atoms with van der Waals surface area (Å²) in [4.78, 5) is 4.16. The van der Waals surface area contributed by atoms with Gasteiger partial charge in [-0.1, -0.05) is 25.8 Å². The van der Waals surface area contributed by atoms with Gasteiger partial charge in [0.15, 0.2) is 0 Å². The van der Waals surface area contributed by atoms with E-state index in [2.05, 4.69) is 34.7 Å². The molecule has 0 aromatic carbocycles. The molecule has 0 saturated heterocycles. The Balaban J connectivity index is 1.61. The Bertz CT molecular complexity index is 306. The minimum atomic E-state index is 0.865. The Morgan fingerprint density at radius 3 is 2.89 bits per heavy atom. The van der Waals surface area contributed by atoms with E-state index in [0.717, 1.165) is 19.1 Å². The summed E-state index contributed by atoms with van der Waals surface area (Å²) in [6.07, 6.45) is 6.80. The fraction of sp³-hybridized carbons (Fsp3) is 0.733. The maximum atomic E-state index is 3.57. The molecule has 2 nitrogen and oxygen atoms in total. The van der Waals surface area contributed by atoms with Crippen LogP contribution in [-0.4, -0.2) is 30.6 Å². The zero-order chi connectivity index (χ0) is 12.6. The van der Waals surface area contributed by atoms with Crippen molar-refractivity contribution in [3.8, 4) is 0 Å². The van der Waals surface area contributed by atoms with Gasteiger partial charge in [0.2, 0.25) is 0 Å². The summed E-state index contributed by atoms with van der Waals surface area (Å²) in [6.45, 7) is 6.94. The summed E-state index contributed by atoms with van der Waals surface area (Å²) in [5, 5.41) is 5.76. The minimum absolute atomic E-state index is 0.865. The maximum absolute atomic E-state index is 3.57. The van der Waals surface area contributed by atoms with Crippen molar-refractivity contribution in [2.75, 3.05) is 19.6 Å². The van der Waals surface area contributed by atoms with Gasteiger partial charge < -0.3 is 5.32 Å². The predicted octanol–water partition coefficient (Wildman–Crippen LogP) is 3.49. The van der Waals surface area contributed by atoms with Crippen LogP contribution in [0.15, 0.2) is 17.5 Å². The summed E-state index contributed by atoms with van der Waals surface area (Å²) >= 11 is 1.88. The average molecular weight is 266 g/mol. The van der Waals surface area contributed by atoms with Gasteiger partial charge in [-0.2, -0.15) is 0 Å². The normalized spacial score (nSPS) is 15.4. The summed E-state index contributed by atoms with van der Waals surface area (Å²) in [7, 11) is 0. The van der Waals surface area contributed by atoms with E-state index < -0.39 is 0 Å². The van der Waals surface area contributed by atoms with E-state index in [1.807, 2.05) is 11.3 Å². The average Bonchev–Trinajstić information content (AvgIpc) is 3.10. The van der Waals surface area contributed by atoms with E-state index >= 15 is 0 Å². The lowest BCUT2D eigenvalue weighted by Gasteiger charge is -2.21. The smallest absolute Gasteiger partial charge is 0.0331 e. The number of nitrogens with one attached hydrogen (secondary N) is 1. The Morgan fingerprint density at radius 1 is 1.33 bits per heavy atom. The minimum Gasteiger partial charge on any atom is -0.315 e. The summed E-state index contributed by atoms with van der Waals surface area (Å²) in [6, 6.07) is 5.28. The third kappa shape index (κ3) is 5.09. The summed E-state index contributed by atoms with van der Waals surface area (Å²) in [5.74, 6) is 0. The quantitative estimate of drug-likeness (QED) is 0.652. The second-order valence-corrected chi connectivity index (χ2v) is 6.27. The van der Waals surface area contributed by atoms with Gasteiger partial charge in [-0.25, -0.2) is 0 Å². The fourth-order valence-corrected chi connectivity index (χ4v) is 3.01. The highest BCUT2D eigenvalue weighted by molar-refractivity contribution is 7.09. The third-order valence-electron chi connectivity index (χ3n) is 3.54. The SMILES string of the molecule is CCCCCNCCN(Cc1cccs1)C1CC1. The predicted molar refractivity (Wildman–Crippen MR) is 80.1 cm³/mol. The van der Waals surface area contributed by atoms with Crippen LogP contribution in [0.4, 0.5) is 0 Å². The Kier molecular flexibility index (Phi) is 6.18. The molecule has 3 heteroatoms. The van der Waals surface area contributed by atoms with Crippen LogP contribution < -0.4 is 5.32 Å². The molecule has 0 unspecified atom stereocenters. The van der Waals surface area contributed by atoms with Crippen molar-refractivity contribution in [1.29, 1.82) is 0 Å². The highest BCUT2D eigenvalue weighted by Gasteiger charge is 2.28. The van der Waals surface area contributed by atoms with Crippen LogP contribution in [0, 0.1) is 0 Å². The van der Waals surface area contributed by atoms with Gasteiger partial charge in [0, 0.05) is 30.6 Å². The molecule has 102 valence electrons. The number of hydrogen-bond acceptors (Lipinski definition) is 3. The van der Waals surface area contributed by atoms with Gasteiger partial charge in [-0.05, 0) is 37.3 Å². The molecule has 1 N–H and O–H groups in total. The first-order valence-electron chi connectivity index (χ1n) is 7.37. The van der Waals surface area contributed by atoms with E-state index in [1.165, 1.54) is 50.1 Å². The molecule has 1 aliphatic carbocycles. The number of rotatable bonds is 10. The lowest BCUT2D eigenvalue weighted by molar-refractivity contribution is 0.256. The molecule has 0 radical (unpaired) electrons. The van der Waals surface area contributed by atoms with Gasteiger partial charge in [-0.15, -0.1) is 11.3 Å². The molecular formula is C15H26N2S. The fourth-order valence-electron chi connectivity index (χ4n) is 2.28. The third-order valence-corrected chi connectivity index (χ3v) is 4.40. The standard InChI is InChI=1S/C15H26N2S/c1-2-3-4-9-16-10-11-17(14-7-8-14)13-15-6-5-12-18-15/h5-6,12,14,16H,2-4,7-11,13H2,1H3. The van der Waals surface area contributed by atoms with Crippen LogP contribution in [-0.2, 0) is 6.54 Å². The molecule has 0 bridgehead atoms. The molecule has 18 heavy (non-hydrogen) atoms. The number of hydrogen-bond donors (Lipinski definition) is 1. The van der Waals surface area contributed by atoms with Gasteiger partial charge in [0.25, 0.3) is 0 Å². The first-order valence-corrected chi connectivity index (χ1v) is 8.25. The molecule has 1 fully saturated rings. The van der Waals surface area contributed by atoms with Gasteiger partial charge >= 0.3 is 0 Å².